The quantitative estimate of drug-likeness (QED) is 0.481. The van der Waals surface area contributed by atoms with Gasteiger partial charge in [0.05, 0.1) is 23.8 Å². The molecule has 0 aliphatic carbocycles. The highest BCUT2D eigenvalue weighted by molar-refractivity contribution is 9.10. The van der Waals surface area contributed by atoms with Gasteiger partial charge in [-0.15, -0.1) is 11.8 Å². The fraction of sp³-hybridized carbons (Fsp3) is 0.190. The minimum absolute atomic E-state index is 0.331. The summed E-state index contributed by atoms with van der Waals surface area (Å²) in [6, 6.07) is 16.8. The van der Waals surface area contributed by atoms with E-state index in [4.69, 9.17) is 16.3 Å². The molecule has 2 aromatic carbocycles. The number of allylic oxidation sites excluding steroid dienone is 1. The maximum Gasteiger partial charge on any atom is 0.319 e. The zero-order chi connectivity index (χ0) is 21.0. The van der Waals surface area contributed by atoms with Crippen molar-refractivity contribution >= 4 is 51.2 Å². The molecule has 2 aromatic rings. The number of esters is 1. The Hall–Kier alpha value is -2.27. The van der Waals surface area contributed by atoms with E-state index in [2.05, 4.69) is 27.3 Å². The molecule has 5 nitrogen and oxygen atoms in total. The van der Waals surface area contributed by atoms with Gasteiger partial charge in [0.15, 0.2) is 0 Å². The van der Waals surface area contributed by atoms with Gasteiger partial charge in [-0.2, -0.15) is 5.26 Å². The molecule has 1 aliphatic heterocycles. The summed E-state index contributed by atoms with van der Waals surface area (Å²) in [5.74, 6) is -2.50. The van der Waals surface area contributed by atoms with E-state index in [0.717, 1.165) is 10.0 Å². The average molecular weight is 492 g/mol. The summed E-state index contributed by atoms with van der Waals surface area (Å²) in [5.41, 5.74) is 2.01. The smallest absolute Gasteiger partial charge is 0.319 e. The number of hydrogen-bond acceptors (Lipinski definition) is 5. The van der Waals surface area contributed by atoms with E-state index in [1.807, 2.05) is 18.2 Å². The minimum Gasteiger partial charge on any atom is -0.468 e. The summed E-state index contributed by atoms with van der Waals surface area (Å²) >= 11 is 10.7. The standard InChI is InChI=1S/C21H16BrClN2O3S/c1-28-21(27)18-17(13-3-2-4-14(22)9-13)16(10-24)20(25-19(18)26)29-11-12-5-7-15(23)8-6-12/h2-9,17-18H,11H2,1H3,(H,25,26)/t17-,18+/m1/s1. The molecule has 0 spiro atoms. The number of nitrogens with zero attached hydrogens (tertiary/aromatic N) is 1. The Bertz CT molecular complexity index is 1020. The summed E-state index contributed by atoms with van der Waals surface area (Å²) in [6.07, 6.45) is 0. The van der Waals surface area contributed by atoms with Gasteiger partial charge in [0.1, 0.15) is 5.92 Å². The van der Waals surface area contributed by atoms with Crippen LogP contribution < -0.4 is 5.32 Å². The lowest BCUT2D eigenvalue weighted by Gasteiger charge is -2.31. The van der Waals surface area contributed by atoms with Gasteiger partial charge in [-0.3, -0.25) is 9.59 Å². The second-order valence-electron chi connectivity index (χ2n) is 6.29. The largest absolute Gasteiger partial charge is 0.468 e. The number of hydrogen-bond donors (Lipinski definition) is 1. The summed E-state index contributed by atoms with van der Waals surface area (Å²) in [6.45, 7) is 0. The summed E-state index contributed by atoms with van der Waals surface area (Å²) in [5, 5.41) is 13.7. The first-order chi connectivity index (χ1) is 13.9. The van der Waals surface area contributed by atoms with Crippen molar-refractivity contribution in [3.8, 4) is 6.07 Å². The van der Waals surface area contributed by atoms with Crippen molar-refractivity contribution in [1.82, 2.24) is 5.32 Å². The molecule has 0 aromatic heterocycles. The first-order valence-corrected chi connectivity index (χ1v) is 10.8. The van der Waals surface area contributed by atoms with E-state index >= 15 is 0 Å². The lowest BCUT2D eigenvalue weighted by molar-refractivity contribution is -0.150. The molecular weight excluding hydrogens is 476 g/mol. The summed E-state index contributed by atoms with van der Waals surface area (Å²) in [7, 11) is 1.23. The van der Waals surface area contributed by atoms with E-state index in [9.17, 15) is 14.9 Å². The third-order valence-corrected chi connectivity index (χ3v) is 6.32. The van der Waals surface area contributed by atoms with Crippen LogP contribution in [0.1, 0.15) is 17.0 Å². The molecule has 8 heteroatoms. The van der Waals surface area contributed by atoms with Gasteiger partial charge in [0.25, 0.3) is 0 Å². The summed E-state index contributed by atoms with van der Waals surface area (Å²) < 4.78 is 5.64. The van der Waals surface area contributed by atoms with Crippen molar-refractivity contribution in [2.24, 2.45) is 5.92 Å². The Kier molecular flexibility index (Phi) is 7.01. The number of halogens is 2. The normalized spacial score (nSPS) is 18.8. The number of nitrogens with one attached hydrogen (secondary N) is 1. The Morgan fingerprint density at radius 3 is 2.66 bits per heavy atom. The first kappa shape index (κ1) is 21.4. The molecule has 0 bridgehead atoms. The van der Waals surface area contributed by atoms with Crippen LogP contribution in [0, 0.1) is 17.2 Å². The highest BCUT2D eigenvalue weighted by atomic mass is 79.9. The van der Waals surface area contributed by atoms with Crippen LogP contribution in [0.15, 0.2) is 63.6 Å². The van der Waals surface area contributed by atoms with Gasteiger partial charge in [-0.1, -0.05) is 51.8 Å². The molecule has 2 atom stereocenters. The predicted octanol–water partition coefficient (Wildman–Crippen LogP) is 4.77. The molecule has 1 heterocycles. The van der Waals surface area contributed by atoms with Crippen molar-refractivity contribution < 1.29 is 14.3 Å². The van der Waals surface area contributed by atoms with E-state index in [0.29, 0.717) is 26.9 Å². The van der Waals surface area contributed by atoms with Crippen LogP contribution in [0.4, 0.5) is 0 Å². The Morgan fingerprint density at radius 2 is 2.03 bits per heavy atom. The average Bonchev–Trinajstić information content (AvgIpc) is 2.72. The van der Waals surface area contributed by atoms with Crippen molar-refractivity contribution in [1.29, 1.82) is 5.26 Å². The molecule has 0 radical (unpaired) electrons. The van der Waals surface area contributed by atoms with Crippen LogP contribution >= 0.6 is 39.3 Å². The summed E-state index contributed by atoms with van der Waals surface area (Å²) in [4.78, 5) is 25.2. The number of carbonyl (C=O) groups excluding carboxylic acids is 2. The van der Waals surface area contributed by atoms with Crippen molar-refractivity contribution in [3.63, 3.8) is 0 Å². The Labute approximate surface area is 186 Å². The molecule has 0 saturated carbocycles. The lowest BCUT2D eigenvalue weighted by atomic mass is 9.78. The third-order valence-electron chi connectivity index (χ3n) is 4.49. The second-order valence-corrected chi connectivity index (χ2v) is 8.63. The molecule has 0 saturated heterocycles. The van der Waals surface area contributed by atoms with Crippen LogP contribution in [0.3, 0.4) is 0 Å². The van der Waals surface area contributed by atoms with Gasteiger partial charge in [0.2, 0.25) is 5.91 Å². The molecule has 29 heavy (non-hydrogen) atoms. The van der Waals surface area contributed by atoms with Crippen LogP contribution in [0.2, 0.25) is 5.02 Å². The molecule has 1 aliphatic rings. The van der Waals surface area contributed by atoms with Gasteiger partial charge in [0, 0.05) is 21.2 Å². The van der Waals surface area contributed by atoms with E-state index in [1.54, 1.807) is 30.3 Å². The van der Waals surface area contributed by atoms with Gasteiger partial charge in [-0.05, 0) is 35.4 Å². The molecule has 3 rings (SSSR count). The highest BCUT2D eigenvalue weighted by Crippen LogP contribution is 2.41. The number of amides is 1. The third kappa shape index (κ3) is 4.84. The van der Waals surface area contributed by atoms with Crippen LogP contribution in [-0.2, 0) is 20.1 Å². The van der Waals surface area contributed by atoms with Crippen LogP contribution in [0.5, 0.6) is 0 Å². The highest BCUT2D eigenvalue weighted by Gasteiger charge is 2.44. The number of rotatable bonds is 5. The van der Waals surface area contributed by atoms with E-state index < -0.39 is 23.7 Å². The van der Waals surface area contributed by atoms with Gasteiger partial charge >= 0.3 is 5.97 Å². The van der Waals surface area contributed by atoms with E-state index in [-0.39, 0.29) is 0 Å². The van der Waals surface area contributed by atoms with Crippen LogP contribution in [0.25, 0.3) is 0 Å². The number of benzene rings is 2. The van der Waals surface area contributed by atoms with Gasteiger partial charge < -0.3 is 10.1 Å². The predicted molar refractivity (Wildman–Crippen MR) is 116 cm³/mol. The topological polar surface area (TPSA) is 79.2 Å². The Morgan fingerprint density at radius 1 is 1.31 bits per heavy atom. The van der Waals surface area contributed by atoms with Gasteiger partial charge in [-0.25, -0.2) is 0 Å². The zero-order valence-corrected chi connectivity index (χ0v) is 18.5. The molecule has 148 valence electrons. The molecule has 0 unspecified atom stereocenters. The molecule has 0 fully saturated rings. The lowest BCUT2D eigenvalue weighted by Crippen LogP contribution is -2.44. The molecule has 1 amide bonds. The molecule has 1 N–H and O–H groups in total. The van der Waals surface area contributed by atoms with E-state index in [1.165, 1.54) is 18.9 Å². The maximum atomic E-state index is 12.8. The monoisotopic (exact) mass is 490 g/mol. The number of nitriles is 1. The van der Waals surface area contributed by atoms with Crippen molar-refractivity contribution in [2.75, 3.05) is 7.11 Å². The van der Waals surface area contributed by atoms with Crippen LogP contribution in [-0.4, -0.2) is 19.0 Å². The fourth-order valence-corrected chi connectivity index (χ4v) is 4.66. The zero-order valence-electron chi connectivity index (χ0n) is 15.3. The number of ether oxygens (including phenoxy) is 1. The van der Waals surface area contributed by atoms with Crippen molar-refractivity contribution in [3.05, 3.63) is 79.8 Å². The molecular formula is C21H16BrClN2O3S. The minimum atomic E-state index is -1.14. The SMILES string of the molecule is COC(=O)[C@@H]1C(=O)NC(SCc2ccc(Cl)cc2)=C(C#N)[C@H]1c1cccc(Br)c1. The fourth-order valence-electron chi connectivity index (χ4n) is 3.12. The number of methoxy groups -OCH3 is 1. The maximum absolute atomic E-state index is 12.8. The Balaban J connectivity index is 2.01. The number of carbonyl (C=O) groups is 2. The first-order valence-electron chi connectivity index (χ1n) is 8.60. The van der Waals surface area contributed by atoms with Crippen molar-refractivity contribution in [2.45, 2.75) is 11.7 Å². The second kappa shape index (κ2) is 9.49. The number of thioether (sulfide) groups is 1.